The molecule has 28 heavy (non-hydrogen) atoms. The van der Waals surface area contributed by atoms with E-state index in [0.717, 1.165) is 44.4 Å². The van der Waals surface area contributed by atoms with Gasteiger partial charge < -0.3 is 20.1 Å². The fraction of sp³-hybridized carbons (Fsp3) is 0.696. The van der Waals surface area contributed by atoms with E-state index in [4.69, 9.17) is 4.74 Å². The lowest BCUT2D eigenvalue weighted by Crippen LogP contribution is -2.52. The Morgan fingerprint density at radius 2 is 1.93 bits per heavy atom. The number of hydrogen-bond acceptors (Lipinski definition) is 4. The fourth-order valence-electron chi connectivity index (χ4n) is 4.51. The zero-order valence-electron chi connectivity index (χ0n) is 17.3. The van der Waals surface area contributed by atoms with Crippen LogP contribution in [0.3, 0.4) is 0 Å². The molecule has 0 aromatic heterocycles. The molecule has 0 spiro atoms. The molecule has 3 rings (SSSR count). The summed E-state index contributed by atoms with van der Waals surface area (Å²) in [5.41, 5.74) is 0.170. The summed E-state index contributed by atoms with van der Waals surface area (Å²) in [5.74, 6) is 0.694. The second-order valence-corrected chi connectivity index (χ2v) is 8.56. The summed E-state index contributed by atoms with van der Waals surface area (Å²) in [5, 5.41) is 12.8. The largest absolute Gasteiger partial charge is 0.494 e. The van der Waals surface area contributed by atoms with Crippen LogP contribution in [0.5, 0.6) is 5.75 Å². The van der Waals surface area contributed by atoms with Crippen LogP contribution in [-0.2, 0) is 0 Å². The highest BCUT2D eigenvalue weighted by atomic mass is 16.5. The number of nitrogens with one attached hydrogen (secondary N) is 1. The van der Waals surface area contributed by atoms with E-state index in [2.05, 4.69) is 17.1 Å². The predicted octanol–water partition coefficient (Wildman–Crippen LogP) is 3.75. The van der Waals surface area contributed by atoms with E-state index in [1.165, 1.54) is 32.2 Å². The Hall–Kier alpha value is -1.59. The minimum absolute atomic E-state index is 0.00949. The van der Waals surface area contributed by atoms with E-state index in [1.54, 1.807) is 0 Å². The molecule has 1 saturated carbocycles. The van der Waals surface area contributed by atoms with Gasteiger partial charge in [-0.05, 0) is 69.8 Å². The third kappa shape index (κ3) is 5.71. The molecule has 156 valence electrons. The van der Waals surface area contributed by atoms with Crippen LogP contribution in [0, 0.1) is 0 Å². The topological polar surface area (TPSA) is 61.8 Å². The lowest BCUT2D eigenvalue weighted by Gasteiger charge is -2.36. The van der Waals surface area contributed by atoms with Crippen LogP contribution in [0.1, 0.15) is 75.1 Å². The number of aliphatic hydroxyl groups excluding tert-OH is 1. The molecule has 5 heteroatoms. The minimum Gasteiger partial charge on any atom is -0.494 e. The normalized spacial score (nSPS) is 22.6. The minimum atomic E-state index is -0.448. The molecule has 2 N–H and O–H groups in total. The van der Waals surface area contributed by atoms with Gasteiger partial charge in [-0.25, -0.2) is 0 Å². The number of carbonyl (C=O) groups is 1. The van der Waals surface area contributed by atoms with Gasteiger partial charge in [0.25, 0.3) is 5.91 Å². The Bertz CT molecular complexity index is 611. The van der Waals surface area contributed by atoms with Gasteiger partial charge in [0.2, 0.25) is 0 Å². The predicted molar refractivity (Wildman–Crippen MR) is 112 cm³/mol. The lowest BCUT2D eigenvalue weighted by molar-refractivity contribution is 0.0758. The van der Waals surface area contributed by atoms with Crippen molar-refractivity contribution in [1.82, 2.24) is 10.2 Å². The summed E-state index contributed by atoms with van der Waals surface area (Å²) in [4.78, 5) is 15.1. The van der Waals surface area contributed by atoms with Crippen molar-refractivity contribution in [2.45, 2.75) is 76.3 Å². The highest BCUT2D eigenvalue weighted by molar-refractivity contribution is 5.94. The second kappa shape index (κ2) is 10.3. The van der Waals surface area contributed by atoms with E-state index in [1.807, 2.05) is 24.3 Å². The molecule has 5 nitrogen and oxygen atoms in total. The number of amides is 1. The molecule has 1 aromatic rings. The van der Waals surface area contributed by atoms with Gasteiger partial charge in [0.1, 0.15) is 5.75 Å². The van der Waals surface area contributed by atoms with Gasteiger partial charge in [0.05, 0.1) is 18.8 Å². The smallest absolute Gasteiger partial charge is 0.251 e. The second-order valence-electron chi connectivity index (χ2n) is 8.56. The molecule has 0 radical (unpaired) electrons. The van der Waals surface area contributed by atoms with Crippen molar-refractivity contribution in [2.75, 3.05) is 26.3 Å². The molecule has 1 heterocycles. The summed E-state index contributed by atoms with van der Waals surface area (Å²) < 4.78 is 5.86. The number of likely N-dealkylation sites (tertiary alicyclic amines) is 1. The quantitative estimate of drug-likeness (QED) is 0.666. The van der Waals surface area contributed by atoms with Crippen LogP contribution in [-0.4, -0.2) is 53.8 Å². The van der Waals surface area contributed by atoms with Crippen molar-refractivity contribution in [3.05, 3.63) is 29.8 Å². The summed E-state index contributed by atoms with van der Waals surface area (Å²) in [6, 6.07) is 8.05. The summed E-state index contributed by atoms with van der Waals surface area (Å²) in [6.07, 6.45) is 10.00. The summed E-state index contributed by atoms with van der Waals surface area (Å²) in [6.45, 7) is 5.32. The highest BCUT2D eigenvalue weighted by Crippen LogP contribution is 2.28. The van der Waals surface area contributed by atoms with Gasteiger partial charge in [-0.15, -0.1) is 0 Å². The monoisotopic (exact) mass is 388 g/mol. The van der Waals surface area contributed by atoms with Crippen LogP contribution in [0.2, 0.25) is 0 Å². The molecule has 1 aliphatic heterocycles. The Labute approximate surface area is 169 Å². The molecule has 2 fully saturated rings. The van der Waals surface area contributed by atoms with Crippen LogP contribution in [0.25, 0.3) is 0 Å². The first-order chi connectivity index (χ1) is 13.6. The summed E-state index contributed by atoms with van der Waals surface area (Å²) >= 11 is 0. The van der Waals surface area contributed by atoms with E-state index < -0.39 is 5.54 Å². The summed E-state index contributed by atoms with van der Waals surface area (Å²) in [7, 11) is 0. The zero-order valence-corrected chi connectivity index (χ0v) is 17.3. The number of ether oxygens (including phenoxy) is 1. The van der Waals surface area contributed by atoms with E-state index in [9.17, 15) is 9.90 Å². The van der Waals surface area contributed by atoms with Crippen molar-refractivity contribution in [1.29, 1.82) is 0 Å². The first kappa shape index (κ1) is 21.1. The molecular weight excluding hydrogens is 352 g/mol. The number of rotatable bonds is 8. The van der Waals surface area contributed by atoms with Crippen molar-refractivity contribution >= 4 is 5.91 Å². The zero-order chi connectivity index (χ0) is 19.8. The molecule has 1 saturated heterocycles. The van der Waals surface area contributed by atoms with Crippen LogP contribution in [0.4, 0.5) is 0 Å². The molecule has 1 atom stereocenters. The Morgan fingerprint density at radius 1 is 1.18 bits per heavy atom. The van der Waals surface area contributed by atoms with Crippen LogP contribution in [0.15, 0.2) is 24.3 Å². The standard InChI is InChI=1S/C23H36N2O3/c1-19-8-3-6-15-25(19)16-7-17-28-21-11-9-20(10-12-21)22(27)24-23(18-26)13-4-2-5-14-23/h9-12,19,26H,2-8,13-18H2,1H3,(H,24,27). The number of aliphatic hydroxyl groups is 1. The third-order valence-electron chi connectivity index (χ3n) is 6.41. The molecule has 1 unspecified atom stereocenters. The van der Waals surface area contributed by atoms with Gasteiger partial charge in [-0.2, -0.15) is 0 Å². The molecule has 0 bridgehead atoms. The van der Waals surface area contributed by atoms with Crippen molar-refractivity contribution in [3.63, 3.8) is 0 Å². The average molecular weight is 389 g/mol. The van der Waals surface area contributed by atoms with Crippen molar-refractivity contribution in [3.8, 4) is 5.75 Å². The maximum atomic E-state index is 12.6. The van der Waals surface area contributed by atoms with Crippen LogP contribution >= 0.6 is 0 Å². The van der Waals surface area contributed by atoms with Crippen molar-refractivity contribution in [2.24, 2.45) is 0 Å². The van der Waals surface area contributed by atoms with E-state index in [0.29, 0.717) is 18.2 Å². The number of hydrogen-bond donors (Lipinski definition) is 2. The van der Waals surface area contributed by atoms with E-state index in [-0.39, 0.29) is 12.5 Å². The van der Waals surface area contributed by atoms with Crippen LogP contribution < -0.4 is 10.1 Å². The Morgan fingerprint density at radius 3 is 2.61 bits per heavy atom. The average Bonchev–Trinajstić information content (AvgIpc) is 2.73. The first-order valence-corrected chi connectivity index (χ1v) is 11.0. The van der Waals surface area contributed by atoms with Crippen molar-refractivity contribution < 1.29 is 14.6 Å². The SMILES string of the molecule is CC1CCCCN1CCCOc1ccc(C(=O)NC2(CO)CCCCC2)cc1. The van der Waals surface area contributed by atoms with Gasteiger partial charge >= 0.3 is 0 Å². The maximum Gasteiger partial charge on any atom is 0.251 e. The van der Waals surface area contributed by atoms with Gasteiger partial charge in [0, 0.05) is 18.2 Å². The Kier molecular flexibility index (Phi) is 7.74. The fourth-order valence-corrected chi connectivity index (χ4v) is 4.51. The molecule has 2 aliphatic rings. The van der Waals surface area contributed by atoms with Gasteiger partial charge in [0.15, 0.2) is 0 Å². The number of nitrogens with zero attached hydrogens (tertiary/aromatic N) is 1. The number of piperidine rings is 1. The lowest BCUT2D eigenvalue weighted by atomic mass is 9.82. The van der Waals surface area contributed by atoms with E-state index >= 15 is 0 Å². The maximum absolute atomic E-state index is 12.6. The number of benzene rings is 1. The van der Waals surface area contributed by atoms with Gasteiger partial charge in [-0.1, -0.05) is 25.7 Å². The Balaban J connectivity index is 1.43. The molecule has 1 aromatic carbocycles. The highest BCUT2D eigenvalue weighted by Gasteiger charge is 2.33. The number of carbonyl (C=O) groups excluding carboxylic acids is 1. The third-order valence-corrected chi connectivity index (χ3v) is 6.41. The molecule has 1 aliphatic carbocycles. The van der Waals surface area contributed by atoms with Gasteiger partial charge in [-0.3, -0.25) is 4.79 Å². The molecule has 1 amide bonds. The molecular formula is C23H36N2O3. The first-order valence-electron chi connectivity index (χ1n) is 11.0.